The van der Waals surface area contributed by atoms with Crippen molar-refractivity contribution >= 4 is 16.0 Å². The van der Waals surface area contributed by atoms with Gasteiger partial charge in [0.15, 0.2) is 0 Å². The molecule has 22 heavy (non-hydrogen) atoms. The molecule has 0 bridgehead atoms. The Morgan fingerprint density at radius 1 is 1.41 bits per heavy atom. The number of rotatable bonds is 6. The Hall–Kier alpha value is -1.38. The highest BCUT2D eigenvalue weighted by molar-refractivity contribution is 7.89. The topological polar surface area (TPSA) is 88.9 Å². The molecule has 2 heterocycles. The lowest BCUT2D eigenvalue weighted by molar-refractivity contribution is 0.0483. The minimum absolute atomic E-state index is 0.0921. The van der Waals surface area contributed by atoms with E-state index in [1.165, 1.54) is 16.4 Å². The first-order valence-corrected chi connectivity index (χ1v) is 8.84. The molecule has 0 atom stereocenters. The second kappa shape index (κ2) is 7.26. The van der Waals surface area contributed by atoms with Crippen LogP contribution in [0.15, 0.2) is 21.6 Å². The summed E-state index contributed by atoms with van der Waals surface area (Å²) in [7, 11) is -1.80. The second-order valence-corrected chi connectivity index (χ2v) is 7.11. The first-order valence-electron chi connectivity index (χ1n) is 7.40. The smallest absolute Gasteiger partial charge is 0.374 e. The highest BCUT2D eigenvalue weighted by Gasteiger charge is 2.32. The Labute approximate surface area is 130 Å². The summed E-state index contributed by atoms with van der Waals surface area (Å²) in [6.45, 7) is 3.70. The Balaban J connectivity index is 2.06. The SMILES string of the molecule is CCOC(=O)c1ccc(S(=O)(=O)N2CCC(CNC)CC2)o1. The maximum absolute atomic E-state index is 12.5. The van der Waals surface area contributed by atoms with Crippen molar-refractivity contribution in [1.82, 2.24) is 9.62 Å². The fourth-order valence-corrected chi connectivity index (χ4v) is 3.92. The number of nitrogens with zero attached hydrogens (tertiary/aromatic N) is 1. The molecule has 1 aromatic rings. The lowest BCUT2D eigenvalue weighted by Gasteiger charge is -2.30. The Morgan fingerprint density at radius 2 is 2.09 bits per heavy atom. The van der Waals surface area contributed by atoms with Crippen LogP contribution in [0.5, 0.6) is 0 Å². The molecule has 0 spiro atoms. The summed E-state index contributed by atoms with van der Waals surface area (Å²) in [5.74, 6) is -0.259. The van der Waals surface area contributed by atoms with Crippen molar-refractivity contribution in [2.24, 2.45) is 5.92 Å². The summed E-state index contributed by atoms with van der Waals surface area (Å²) in [5.41, 5.74) is 0. The van der Waals surface area contributed by atoms with Gasteiger partial charge in [0.1, 0.15) is 0 Å². The van der Waals surface area contributed by atoms with Crippen molar-refractivity contribution in [3.8, 4) is 0 Å². The summed E-state index contributed by atoms with van der Waals surface area (Å²) < 4.78 is 36.4. The molecule has 0 unspecified atom stereocenters. The molecule has 2 rings (SSSR count). The van der Waals surface area contributed by atoms with E-state index in [1.54, 1.807) is 6.92 Å². The highest BCUT2D eigenvalue weighted by atomic mass is 32.2. The molecule has 1 aliphatic heterocycles. The highest BCUT2D eigenvalue weighted by Crippen LogP contribution is 2.25. The van der Waals surface area contributed by atoms with Crippen LogP contribution in [-0.2, 0) is 14.8 Å². The maximum Gasteiger partial charge on any atom is 0.374 e. The van der Waals surface area contributed by atoms with Gasteiger partial charge in [0, 0.05) is 13.1 Å². The third-order valence-corrected chi connectivity index (χ3v) is 5.49. The Bertz CT molecular complexity index is 603. The third kappa shape index (κ3) is 3.68. The average molecular weight is 330 g/mol. The van der Waals surface area contributed by atoms with Crippen LogP contribution in [0.25, 0.3) is 0 Å². The molecule has 0 saturated carbocycles. The van der Waals surface area contributed by atoms with E-state index in [2.05, 4.69) is 5.32 Å². The lowest BCUT2D eigenvalue weighted by atomic mass is 9.98. The second-order valence-electron chi connectivity index (χ2n) is 5.24. The molecule has 0 aliphatic carbocycles. The zero-order chi connectivity index (χ0) is 16.2. The largest absolute Gasteiger partial charge is 0.460 e. The van der Waals surface area contributed by atoms with Gasteiger partial charge < -0.3 is 14.5 Å². The number of furan rings is 1. The predicted octanol–water partition coefficient (Wildman–Crippen LogP) is 1.08. The molecule has 8 heteroatoms. The van der Waals surface area contributed by atoms with Gasteiger partial charge in [-0.15, -0.1) is 0 Å². The van der Waals surface area contributed by atoms with E-state index in [0.29, 0.717) is 19.0 Å². The molecular weight excluding hydrogens is 308 g/mol. The molecule has 1 aromatic heterocycles. The molecule has 0 aromatic carbocycles. The van der Waals surface area contributed by atoms with E-state index in [4.69, 9.17) is 9.15 Å². The van der Waals surface area contributed by atoms with Gasteiger partial charge >= 0.3 is 5.97 Å². The fraction of sp³-hybridized carbons (Fsp3) is 0.643. The van der Waals surface area contributed by atoms with E-state index in [9.17, 15) is 13.2 Å². The number of piperidine rings is 1. The van der Waals surface area contributed by atoms with Gasteiger partial charge in [0.25, 0.3) is 10.0 Å². The molecule has 0 radical (unpaired) electrons. The minimum atomic E-state index is -3.69. The molecule has 7 nitrogen and oxygen atoms in total. The van der Waals surface area contributed by atoms with E-state index in [0.717, 1.165) is 19.4 Å². The van der Waals surface area contributed by atoms with Crippen LogP contribution in [0.3, 0.4) is 0 Å². The number of hydrogen-bond acceptors (Lipinski definition) is 6. The minimum Gasteiger partial charge on any atom is -0.460 e. The maximum atomic E-state index is 12.5. The van der Waals surface area contributed by atoms with Crippen LogP contribution < -0.4 is 5.32 Å². The number of sulfonamides is 1. The van der Waals surface area contributed by atoms with Crippen molar-refractivity contribution in [2.75, 3.05) is 33.3 Å². The Kier molecular flexibility index (Phi) is 5.60. The van der Waals surface area contributed by atoms with Crippen molar-refractivity contribution in [3.05, 3.63) is 17.9 Å². The molecule has 1 saturated heterocycles. The van der Waals surface area contributed by atoms with Crippen LogP contribution in [0.2, 0.25) is 0 Å². The zero-order valence-electron chi connectivity index (χ0n) is 12.9. The van der Waals surface area contributed by atoms with Crippen molar-refractivity contribution in [1.29, 1.82) is 0 Å². The average Bonchev–Trinajstić information content (AvgIpc) is 2.99. The summed E-state index contributed by atoms with van der Waals surface area (Å²) >= 11 is 0. The van der Waals surface area contributed by atoms with Crippen molar-refractivity contribution in [2.45, 2.75) is 24.9 Å². The predicted molar refractivity (Wildman–Crippen MR) is 80.1 cm³/mol. The van der Waals surface area contributed by atoms with E-state index < -0.39 is 16.0 Å². The van der Waals surface area contributed by atoms with E-state index >= 15 is 0 Å². The van der Waals surface area contributed by atoms with Gasteiger partial charge in [0.05, 0.1) is 6.61 Å². The molecule has 124 valence electrons. The summed E-state index contributed by atoms with van der Waals surface area (Å²) in [6, 6.07) is 2.64. The zero-order valence-corrected chi connectivity index (χ0v) is 13.7. The van der Waals surface area contributed by atoms with Crippen molar-refractivity contribution < 1.29 is 22.4 Å². The molecular formula is C14H22N2O5S. The molecule has 1 N–H and O–H groups in total. The lowest BCUT2D eigenvalue weighted by Crippen LogP contribution is -2.40. The summed E-state index contributed by atoms with van der Waals surface area (Å²) in [5, 5.41) is 2.91. The van der Waals surface area contributed by atoms with Crippen LogP contribution in [0.1, 0.15) is 30.3 Å². The number of esters is 1. The quantitative estimate of drug-likeness (QED) is 0.785. The van der Waals surface area contributed by atoms with E-state index in [1.807, 2.05) is 7.05 Å². The standard InChI is InChI=1S/C14H22N2O5S/c1-3-20-14(17)12-4-5-13(21-12)22(18,19)16-8-6-11(7-9-16)10-15-2/h4-5,11,15H,3,6-10H2,1-2H3. The van der Waals surface area contributed by atoms with Crippen LogP contribution >= 0.6 is 0 Å². The fourth-order valence-electron chi connectivity index (χ4n) is 2.54. The van der Waals surface area contributed by atoms with E-state index in [-0.39, 0.29) is 17.5 Å². The summed E-state index contributed by atoms with van der Waals surface area (Å²) in [4.78, 5) is 11.5. The van der Waals surface area contributed by atoms with Gasteiger partial charge in [-0.1, -0.05) is 0 Å². The first-order chi connectivity index (χ1) is 10.5. The monoisotopic (exact) mass is 330 g/mol. The number of carbonyl (C=O) groups excluding carboxylic acids is 1. The molecule has 1 fully saturated rings. The van der Waals surface area contributed by atoms with Gasteiger partial charge in [-0.3, -0.25) is 0 Å². The number of ether oxygens (including phenoxy) is 1. The number of carbonyl (C=O) groups is 1. The normalized spacial score (nSPS) is 17.5. The number of nitrogens with one attached hydrogen (secondary N) is 1. The van der Waals surface area contributed by atoms with Crippen LogP contribution in [0, 0.1) is 5.92 Å². The van der Waals surface area contributed by atoms with Crippen LogP contribution in [-0.4, -0.2) is 52.0 Å². The summed E-state index contributed by atoms with van der Waals surface area (Å²) in [6.07, 6.45) is 1.62. The first kappa shape index (κ1) is 17.0. The van der Waals surface area contributed by atoms with Gasteiger partial charge in [-0.05, 0) is 51.4 Å². The molecule has 1 aliphatic rings. The molecule has 0 amide bonds. The van der Waals surface area contributed by atoms with Crippen molar-refractivity contribution in [3.63, 3.8) is 0 Å². The van der Waals surface area contributed by atoms with Gasteiger partial charge in [0.2, 0.25) is 10.9 Å². The van der Waals surface area contributed by atoms with Crippen LogP contribution in [0.4, 0.5) is 0 Å². The van der Waals surface area contributed by atoms with Gasteiger partial charge in [-0.2, -0.15) is 4.31 Å². The number of hydrogen-bond donors (Lipinski definition) is 1. The Morgan fingerprint density at radius 3 is 2.68 bits per heavy atom. The third-order valence-electron chi connectivity index (χ3n) is 3.72. The van der Waals surface area contributed by atoms with Gasteiger partial charge in [-0.25, -0.2) is 13.2 Å².